The summed E-state index contributed by atoms with van der Waals surface area (Å²) in [7, 11) is 0. The van der Waals surface area contributed by atoms with E-state index in [9.17, 15) is 0 Å². The van der Waals surface area contributed by atoms with Crippen LogP contribution in [0.25, 0.3) is 0 Å². The summed E-state index contributed by atoms with van der Waals surface area (Å²) in [6, 6.07) is 10.3. The maximum absolute atomic E-state index is 2.36. The molecule has 0 saturated heterocycles. The Kier molecular flexibility index (Phi) is 4.19. The number of hydrogen-bond acceptors (Lipinski definition) is 0. The molecule has 1 aromatic rings. The Labute approximate surface area is 88.4 Å². The van der Waals surface area contributed by atoms with E-state index in [2.05, 4.69) is 32.9 Å². The average Bonchev–Trinajstić information content (AvgIpc) is 2.52. The highest BCUT2D eigenvalue weighted by molar-refractivity contribution is 5.11. The van der Waals surface area contributed by atoms with E-state index in [1.807, 2.05) is 18.2 Å². The van der Waals surface area contributed by atoms with Gasteiger partial charge in [-0.15, -0.1) is 0 Å². The second-order valence-electron chi connectivity index (χ2n) is 5.03. The minimum atomic E-state index is 0.694. The second kappa shape index (κ2) is 5.19. The normalized spacial score (nSPS) is 18.5. The lowest BCUT2D eigenvalue weighted by Crippen LogP contribution is -2.01. The fraction of sp³-hybridized carbons (Fsp3) is 0.571. The van der Waals surface area contributed by atoms with Gasteiger partial charge in [0.05, 0.1) is 0 Å². The van der Waals surface area contributed by atoms with E-state index in [-0.39, 0.29) is 0 Å². The van der Waals surface area contributed by atoms with Gasteiger partial charge in [-0.1, -0.05) is 62.6 Å². The lowest BCUT2D eigenvalue weighted by Gasteiger charge is -2.13. The molecule has 1 saturated carbocycles. The monoisotopic (exact) mass is 190 g/mol. The number of rotatable bonds is 0. The zero-order chi connectivity index (χ0) is 10.4. The number of aryl methyl sites for hydroxylation is 1. The zero-order valence-corrected chi connectivity index (χ0v) is 9.72. The van der Waals surface area contributed by atoms with Crippen LogP contribution in [0.15, 0.2) is 30.3 Å². The summed E-state index contributed by atoms with van der Waals surface area (Å²) in [6.07, 6.45) is 5.83. The van der Waals surface area contributed by atoms with E-state index in [1.165, 1.54) is 31.2 Å². The van der Waals surface area contributed by atoms with Crippen LogP contribution in [0.1, 0.15) is 45.1 Å². The Morgan fingerprint density at radius 1 is 0.929 bits per heavy atom. The molecule has 78 valence electrons. The van der Waals surface area contributed by atoms with Gasteiger partial charge in [-0.2, -0.15) is 0 Å². The fourth-order valence-corrected chi connectivity index (χ4v) is 1.87. The van der Waals surface area contributed by atoms with Crippen LogP contribution < -0.4 is 0 Å². The van der Waals surface area contributed by atoms with Gasteiger partial charge in [0.2, 0.25) is 0 Å². The van der Waals surface area contributed by atoms with E-state index < -0.39 is 0 Å². The molecule has 0 heteroatoms. The average molecular weight is 190 g/mol. The van der Waals surface area contributed by atoms with Crippen molar-refractivity contribution in [3.05, 3.63) is 35.9 Å². The van der Waals surface area contributed by atoms with Crippen LogP contribution in [0.5, 0.6) is 0 Å². The molecule has 0 amide bonds. The minimum Gasteiger partial charge on any atom is -0.0622 e. The number of hydrogen-bond donors (Lipinski definition) is 0. The van der Waals surface area contributed by atoms with Crippen LogP contribution in [0.4, 0.5) is 0 Å². The summed E-state index contributed by atoms with van der Waals surface area (Å²) < 4.78 is 0. The first-order valence-electron chi connectivity index (χ1n) is 5.62. The predicted octanol–water partition coefficient (Wildman–Crippen LogP) is 4.58. The minimum absolute atomic E-state index is 0.694. The molecule has 0 N–H and O–H groups in total. The molecule has 1 aromatic carbocycles. The first-order chi connectivity index (χ1) is 6.60. The lowest BCUT2D eigenvalue weighted by molar-refractivity contribution is 0.382. The maximum Gasteiger partial charge on any atom is -0.0354 e. The number of benzene rings is 1. The van der Waals surface area contributed by atoms with Crippen molar-refractivity contribution in [3.63, 3.8) is 0 Å². The van der Waals surface area contributed by atoms with E-state index in [0.29, 0.717) is 5.41 Å². The van der Waals surface area contributed by atoms with Crippen LogP contribution in [-0.2, 0) is 0 Å². The van der Waals surface area contributed by atoms with Crippen molar-refractivity contribution in [2.75, 3.05) is 0 Å². The van der Waals surface area contributed by atoms with Crippen molar-refractivity contribution in [1.29, 1.82) is 0 Å². The molecule has 1 aliphatic carbocycles. The quantitative estimate of drug-likeness (QED) is 0.561. The Bertz CT molecular complexity index is 238. The molecule has 0 spiro atoms. The second-order valence-corrected chi connectivity index (χ2v) is 5.03. The van der Waals surface area contributed by atoms with Gasteiger partial charge in [-0.3, -0.25) is 0 Å². The van der Waals surface area contributed by atoms with Crippen molar-refractivity contribution in [3.8, 4) is 0 Å². The molecule has 0 heterocycles. The van der Waals surface area contributed by atoms with Gasteiger partial charge < -0.3 is 0 Å². The van der Waals surface area contributed by atoms with Gasteiger partial charge in [-0.05, 0) is 25.2 Å². The van der Waals surface area contributed by atoms with Gasteiger partial charge in [0, 0.05) is 0 Å². The lowest BCUT2D eigenvalue weighted by atomic mass is 9.92. The van der Waals surface area contributed by atoms with Gasteiger partial charge in [0.25, 0.3) is 0 Å². The standard InChI is InChI=1S/C7H14.C7H8/c1-7(2)5-3-4-6-7;1-7-5-3-2-4-6-7/h3-6H2,1-2H3;2-6H,1H3. The van der Waals surface area contributed by atoms with Crippen LogP contribution in [0.2, 0.25) is 0 Å². The Hall–Kier alpha value is -0.780. The smallest absolute Gasteiger partial charge is 0.0354 e. The third kappa shape index (κ3) is 4.45. The molecule has 0 atom stereocenters. The maximum atomic E-state index is 2.36. The molecule has 1 aliphatic rings. The SMILES string of the molecule is CC1(C)CCCC1.Cc1ccccc1. The largest absolute Gasteiger partial charge is 0.0622 e. The molecule has 0 nitrogen and oxygen atoms in total. The zero-order valence-electron chi connectivity index (χ0n) is 9.72. The van der Waals surface area contributed by atoms with Crippen LogP contribution in [0, 0.1) is 12.3 Å². The molecule has 2 rings (SSSR count). The topological polar surface area (TPSA) is 0 Å². The molecule has 0 unspecified atom stereocenters. The molecule has 0 aromatic heterocycles. The summed E-state index contributed by atoms with van der Waals surface area (Å²) in [6.45, 7) is 6.81. The first kappa shape index (κ1) is 11.3. The van der Waals surface area contributed by atoms with Crippen LogP contribution in [-0.4, -0.2) is 0 Å². The molecular weight excluding hydrogens is 168 g/mol. The first-order valence-corrected chi connectivity index (χ1v) is 5.62. The van der Waals surface area contributed by atoms with Gasteiger partial charge >= 0.3 is 0 Å². The summed E-state index contributed by atoms with van der Waals surface area (Å²) >= 11 is 0. The molecule has 0 radical (unpaired) electrons. The molecule has 0 aliphatic heterocycles. The summed E-state index contributed by atoms with van der Waals surface area (Å²) in [5, 5.41) is 0. The van der Waals surface area contributed by atoms with Crippen LogP contribution >= 0.6 is 0 Å². The Balaban J connectivity index is 0.000000140. The summed E-state index contributed by atoms with van der Waals surface area (Å²) in [4.78, 5) is 0. The molecular formula is C14H22. The van der Waals surface area contributed by atoms with Crippen molar-refractivity contribution in [1.82, 2.24) is 0 Å². The third-order valence-electron chi connectivity index (χ3n) is 2.90. The van der Waals surface area contributed by atoms with Crippen molar-refractivity contribution < 1.29 is 0 Å². The summed E-state index contributed by atoms with van der Waals surface area (Å²) in [5.41, 5.74) is 2.02. The molecule has 14 heavy (non-hydrogen) atoms. The third-order valence-corrected chi connectivity index (χ3v) is 2.90. The van der Waals surface area contributed by atoms with E-state index >= 15 is 0 Å². The summed E-state index contributed by atoms with van der Waals surface area (Å²) in [5.74, 6) is 0. The van der Waals surface area contributed by atoms with Crippen molar-refractivity contribution in [2.24, 2.45) is 5.41 Å². The Morgan fingerprint density at radius 2 is 1.43 bits per heavy atom. The Morgan fingerprint density at radius 3 is 1.64 bits per heavy atom. The van der Waals surface area contributed by atoms with Gasteiger partial charge in [0.1, 0.15) is 0 Å². The van der Waals surface area contributed by atoms with Gasteiger partial charge in [-0.25, -0.2) is 0 Å². The highest BCUT2D eigenvalue weighted by Crippen LogP contribution is 2.36. The molecule has 0 bridgehead atoms. The van der Waals surface area contributed by atoms with E-state index in [1.54, 1.807) is 0 Å². The van der Waals surface area contributed by atoms with Crippen molar-refractivity contribution >= 4 is 0 Å². The van der Waals surface area contributed by atoms with Crippen molar-refractivity contribution in [2.45, 2.75) is 46.5 Å². The van der Waals surface area contributed by atoms with E-state index in [4.69, 9.17) is 0 Å². The van der Waals surface area contributed by atoms with Crippen LogP contribution in [0.3, 0.4) is 0 Å². The highest BCUT2D eigenvalue weighted by Gasteiger charge is 2.21. The predicted molar refractivity (Wildman–Crippen MR) is 63.4 cm³/mol. The fourth-order valence-electron chi connectivity index (χ4n) is 1.87. The van der Waals surface area contributed by atoms with E-state index in [0.717, 1.165) is 0 Å². The highest BCUT2D eigenvalue weighted by atomic mass is 14.3. The van der Waals surface area contributed by atoms with Gasteiger partial charge in [0.15, 0.2) is 0 Å². The molecule has 1 fully saturated rings.